The number of benzene rings is 1. The molecule has 4 rings (SSSR count). The average Bonchev–Trinajstić information content (AvgIpc) is 3.11. The molecule has 0 spiro atoms. The lowest BCUT2D eigenvalue weighted by Gasteiger charge is -2.45. The number of aliphatic hydroxyl groups excluding tert-OH is 5. The Morgan fingerprint density at radius 3 is 2.19 bits per heavy atom. The van der Waals surface area contributed by atoms with E-state index in [0.717, 1.165) is 4.90 Å². The highest BCUT2D eigenvalue weighted by Crippen LogP contribution is 2.39. The molecule has 0 aliphatic carbocycles. The molecule has 10 atom stereocenters. The standard InChI is InChI=1S/C21H30O10S/c1-21(2)30-17-12(9-23)27-19(15(26)18(17)31-21)29-16-11(8-22)28-20(14(25)13(16)24)32-10-6-4-3-5-7-10/h3-7,11-20,22-26H,8-9H2,1-2H3/t11-,12-,13-,14-,15-,16-,17+,18-,19+,20+/m1/s1. The number of hydrogen-bond acceptors (Lipinski definition) is 11. The van der Waals surface area contributed by atoms with Gasteiger partial charge in [-0.3, -0.25) is 0 Å². The van der Waals surface area contributed by atoms with Crippen molar-refractivity contribution in [2.24, 2.45) is 0 Å². The normalized spacial score (nSPS) is 43.7. The second-order valence-corrected chi connectivity index (χ2v) is 9.69. The molecule has 3 aliphatic rings. The van der Waals surface area contributed by atoms with E-state index in [1.807, 2.05) is 30.3 Å². The fourth-order valence-electron chi connectivity index (χ4n) is 4.22. The van der Waals surface area contributed by atoms with Gasteiger partial charge in [-0.05, 0) is 26.0 Å². The SMILES string of the molecule is CC1(C)O[C@@H]2[C@@H](O)[C@H](O[C@H]3[C@H](O)[C@@H](O)[C@H](Sc4ccccc4)O[C@@H]3CO)O[C@H](CO)[C@@H]2O1. The van der Waals surface area contributed by atoms with Crippen molar-refractivity contribution >= 4 is 11.8 Å². The summed E-state index contributed by atoms with van der Waals surface area (Å²) in [5.41, 5.74) is -0.844. The zero-order valence-corrected chi connectivity index (χ0v) is 18.6. The third kappa shape index (κ3) is 4.84. The second-order valence-electron chi connectivity index (χ2n) is 8.52. The molecule has 1 aromatic rings. The van der Waals surface area contributed by atoms with Crippen LogP contribution in [0.5, 0.6) is 0 Å². The topological polar surface area (TPSA) is 147 Å². The summed E-state index contributed by atoms with van der Waals surface area (Å²) in [4.78, 5) is 0.823. The first-order valence-corrected chi connectivity index (χ1v) is 11.4. The number of fused-ring (bicyclic) bond motifs is 1. The van der Waals surface area contributed by atoms with Gasteiger partial charge in [0.25, 0.3) is 0 Å². The first kappa shape index (κ1) is 24.3. The van der Waals surface area contributed by atoms with E-state index in [4.69, 9.17) is 23.7 Å². The van der Waals surface area contributed by atoms with Gasteiger partial charge in [0, 0.05) is 4.90 Å². The second kappa shape index (κ2) is 9.80. The summed E-state index contributed by atoms with van der Waals surface area (Å²) < 4.78 is 28.8. The van der Waals surface area contributed by atoms with Crippen LogP contribution in [0.3, 0.4) is 0 Å². The Kier molecular flexibility index (Phi) is 7.45. The fraction of sp³-hybridized carbons (Fsp3) is 0.714. The zero-order chi connectivity index (χ0) is 23.0. The summed E-state index contributed by atoms with van der Waals surface area (Å²) in [7, 11) is 0. The Morgan fingerprint density at radius 1 is 0.875 bits per heavy atom. The van der Waals surface area contributed by atoms with E-state index in [1.165, 1.54) is 11.8 Å². The van der Waals surface area contributed by atoms with Crippen molar-refractivity contribution in [2.45, 2.75) is 85.1 Å². The average molecular weight is 475 g/mol. The van der Waals surface area contributed by atoms with E-state index in [-0.39, 0.29) is 0 Å². The van der Waals surface area contributed by atoms with Crippen molar-refractivity contribution in [2.75, 3.05) is 13.2 Å². The predicted molar refractivity (Wildman–Crippen MR) is 111 cm³/mol. The maximum Gasteiger partial charge on any atom is 0.187 e. The maximum atomic E-state index is 10.8. The molecule has 0 amide bonds. The Labute approximate surface area is 190 Å². The van der Waals surface area contributed by atoms with E-state index in [2.05, 4.69) is 0 Å². The lowest BCUT2D eigenvalue weighted by molar-refractivity contribution is -0.327. The van der Waals surface area contributed by atoms with E-state index < -0.39 is 79.6 Å². The largest absolute Gasteiger partial charge is 0.394 e. The van der Waals surface area contributed by atoms with Crippen molar-refractivity contribution < 1.29 is 49.2 Å². The summed E-state index contributed by atoms with van der Waals surface area (Å²) in [6.07, 6.45) is -9.94. The van der Waals surface area contributed by atoms with Crippen LogP contribution in [0, 0.1) is 0 Å². The van der Waals surface area contributed by atoms with Crippen LogP contribution < -0.4 is 0 Å². The molecule has 3 aliphatic heterocycles. The number of hydrogen-bond donors (Lipinski definition) is 5. The van der Waals surface area contributed by atoms with Crippen LogP contribution in [0.4, 0.5) is 0 Å². The molecular weight excluding hydrogens is 444 g/mol. The van der Waals surface area contributed by atoms with E-state index in [0.29, 0.717) is 0 Å². The van der Waals surface area contributed by atoms with Gasteiger partial charge >= 0.3 is 0 Å². The molecule has 0 aromatic heterocycles. The summed E-state index contributed by atoms with van der Waals surface area (Å²) in [6.45, 7) is 2.47. The Bertz CT molecular complexity index is 749. The minimum absolute atomic E-state index is 0.404. The third-order valence-electron chi connectivity index (χ3n) is 5.74. The van der Waals surface area contributed by atoms with Gasteiger partial charge in [0.1, 0.15) is 54.3 Å². The summed E-state index contributed by atoms with van der Waals surface area (Å²) in [6, 6.07) is 9.22. The molecule has 180 valence electrons. The summed E-state index contributed by atoms with van der Waals surface area (Å²) in [5.74, 6) is -0.985. The van der Waals surface area contributed by atoms with Crippen LogP contribution in [-0.2, 0) is 23.7 Å². The zero-order valence-electron chi connectivity index (χ0n) is 17.8. The Hall–Kier alpha value is -0.830. The highest BCUT2D eigenvalue weighted by molar-refractivity contribution is 7.99. The number of rotatable bonds is 6. The molecule has 32 heavy (non-hydrogen) atoms. The number of ether oxygens (including phenoxy) is 5. The lowest BCUT2D eigenvalue weighted by Crippen LogP contribution is -2.63. The molecule has 3 saturated heterocycles. The van der Waals surface area contributed by atoms with E-state index in [9.17, 15) is 25.5 Å². The summed E-state index contributed by atoms with van der Waals surface area (Å²) >= 11 is 1.21. The molecule has 1 aromatic carbocycles. The van der Waals surface area contributed by atoms with Gasteiger partial charge in [-0.25, -0.2) is 0 Å². The highest BCUT2D eigenvalue weighted by atomic mass is 32.2. The predicted octanol–water partition coefficient (Wildman–Crippen LogP) is -0.799. The molecular formula is C21H30O10S. The molecule has 5 N–H and O–H groups in total. The fourth-order valence-corrected chi connectivity index (χ4v) is 5.30. The van der Waals surface area contributed by atoms with Crippen molar-refractivity contribution in [3.05, 3.63) is 30.3 Å². The quantitative estimate of drug-likeness (QED) is 0.353. The number of thioether (sulfide) groups is 1. The maximum absolute atomic E-state index is 10.8. The van der Waals surface area contributed by atoms with Gasteiger partial charge in [-0.2, -0.15) is 0 Å². The van der Waals surface area contributed by atoms with Gasteiger partial charge in [0.15, 0.2) is 12.1 Å². The summed E-state index contributed by atoms with van der Waals surface area (Å²) in [5, 5.41) is 51.8. The van der Waals surface area contributed by atoms with Crippen LogP contribution in [0.15, 0.2) is 35.2 Å². The molecule has 0 bridgehead atoms. The first-order valence-electron chi connectivity index (χ1n) is 10.5. The minimum Gasteiger partial charge on any atom is -0.394 e. The van der Waals surface area contributed by atoms with E-state index >= 15 is 0 Å². The molecule has 3 fully saturated rings. The van der Waals surface area contributed by atoms with Crippen LogP contribution in [0.2, 0.25) is 0 Å². The lowest BCUT2D eigenvalue weighted by atomic mass is 9.97. The smallest absolute Gasteiger partial charge is 0.187 e. The molecule has 11 heteroatoms. The molecule has 0 saturated carbocycles. The van der Waals surface area contributed by atoms with Gasteiger partial charge in [-0.15, -0.1) is 0 Å². The monoisotopic (exact) mass is 474 g/mol. The van der Waals surface area contributed by atoms with Gasteiger partial charge in [0.2, 0.25) is 0 Å². The molecule has 0 radical (unpaired) electrons. The van der Waals surface area contributed by atoms with Gasteiger partial charge in [0.05, 0.1) is 13.2 Å². The van der Waals surface area contributed by atoms with Crippen molar-refractivity contribution in [3.8, 4) is 0 Å². The first-order chi connectivity index (χ1) is 15.2. The van der Waals surface area contributed by atoms with E-state index in [1.54, 1.807) is 13.8 Å². The van der Waals surface area contributed by atoms with Crippen molar-refractivity contribution in [3.63, 3.8) is 0 Å². The van der Waals surface area contributed by atoms with Crippen LogP contribution in [-0.4, -0.2) is 105 Å². The Morgan fingerprint density at radius 2 is 1.53 bits per heavy atom. The minimum atomic E-state index is -1.43. The van der Waals surface area contributed by atoms with Gasteiger partial charge < -0.3 is 49.2 Å². The number of aliphatic hydroxyl groups is 5. The third-order valence-corrected chi connectivity index (χ3v) is 6.91. The van der Waals surface area contributed by atoms with Crippen molar-refractivity contribution in [1.29, 1.82) is 0 Å². The molecule has 0 unspecified atom stereocenters. The molecule has 3 heterocycles. The van der Waals surface area contributed by atoms with Gasteiger partial charge in [-0.1, -0.05) is 30.0 Å². The van der Waals surface area contributed by atoms with Crippen molar-refractivity contribution in [1.82, 2.24) is 0 Å². The molecule has 10 nitrogen and oxygen atoms in total. The van der Waals surface area contributed by atoms with Crippen LogP contribution >= 0.6 is 11.8 Å². The highest BCUT2D eigenvalue weighted by Gasteiger charge is 2.56. The van der Waals surface area contributed by atoms with Crippen LogP contribution in [0.25, 0.3) is 0 Å². The van der Waals surface area contributed by atoms with Crippen LogP contribution in [0.1, 0.15) is 13.8 Å². The Balaban J connectivity index is 1.47.